The van der Waals surface area contributed by atoms with Gasteiger partial charge in [-0.2, -0.15) is 0 Å². The van der Waals surface area contributed by atoms with Gasteiger partial charge < -0.3 is 10.0 Å². The number of aliphatic hydroxyl groups is 1. The van der Waals surface area contributed by atoms with Crippen molar-refractivity contribution in [3.63, 3.8) is 0 Å². The van der Waals surface area contributed by atoms with E-state index in [-0.39, 0.29) is 6.61 Å². The molecular formula is C13H20N2O. The van der Waals surface area contributed by atoms with E-state index in [4.69, 9.17) is 5.11 Å². The van der Waals surface area contributed by atoms with Crippen molar-refractivity contribution in [2.45, 2.75) is 32.8 Å². The van der Waals surface area contributed by atoms with Crippen molar-refractivity contribution in [3.05, 3.63) is 24.0 Å². The van der Waals surface area contributed by atoms with E-state index in [1.807, 2.05) is 12.1 Å². The summed E-state index contributed by atoms with van der Waals surface area (Å²) < 4.78 is 0. The monoisotopic (exact) mass is 220 g/mol. The number of hydrogen-bond acceptors (Lipinski definition) is 3. The lowest BCUT2D eigenvalue weighted by molar-refractivity contribution is 0.277. The van der Waals surface area contributed by atoms with Crippen LogP contribution in [0.15, 0.2) is 18.3 Å². The standard InChI is InChI=1S/C13H20N2O/c1-2-15(9-11-4-3-5-11)13-6-7-14-12(8-13)10-16/h6-8,11,16H,2-5,9-10H2,1H3. The Morgan fingerprint density at radius 3 is 2.88 bits per heavy atom. The molecule has 0 bridgehead atoms. The van der Waals surface area contributed by atoms with Crippen LogP contribution < -0.4 is 4.90 Å². The summed E-state index contributed by atoms with van der Waals surface area (Å²) in [4.78, 5) is 6.49. The Morgan fingerprint density at radius 2 is 2.31 bits per heavy atom. The summed E-state index contributed by atoms with van der Waals surface area (Å²) in [5, 5.41) is 9.07. The maximum absolute atomic E-state index is 9.07. The first-order chi connectivity index (χ1) is 7.83. The first kappa shape index (κ1) is 11.4. The van der Waals surface area contributed by atoms with E-state index in [9.17, 15) is 0 Å². The smallest absolute Gasteiger partial charge is 0.0853 e. The van der Waals surface area contributed by atoms with Crippen LogP contribution in [-0.2, 0) is 6.61 Å². The van der Waals surface area contributed by atoms with Gasteiger partial charge in [-0.15, -0.1) is 0 Å². The lowest BCUT2D eigenvalue weighted by atomic mass is 9.85. The van der Waals surface area contributed by atoms with Gasteiger partial charge in [-0.1, -0.05) is 6.42 Å². The molecule has 1 saturated carbocycles. The van der Waals surface area contributed by atoms with Crippen molar-refractivity contribution < 1.29 is 5.11 Å². The molecule has 88 valence electrons. The molecule has 1 N–H and O–H groups in total. The predicted octanol–water partition coefficient (Wildman–Crippen LogP) is 2.20. The van der Waals surface area contributed by atoms with Crippen molar-refractivity contribution in [1.29, 1.82) is 0 Å². The zero-order chi connectivity index (χ0) is 11.4. The van der Waals surface area contributed by atoms with E-state index in [1.54, 1.807) is 6.20 Å². The quantitative estimate of drug-likeness (QED) is 0.826. The molecule has 0 atom stereocenters. The fraction of sp³-hybridized carbons (Fsp3) is 0.615. The average Bonchev–Trinajstić information content (AvgIpc) is 2.28. The van der Waals surface area contributed by atoms with Gasteiger partial charge >= 0.3 is 0 Å². The fourth-order valence-electron chi connectivity index (χ4n) is 2.15. The number of hydrogen-bond donors (Lipinski definition) is 1. The Balaban J connectivity index is 2.05. The summed E-state index contributed by atoms with van der Waals surface area (Å²) in [6.45, 7) is 4.36. The highest BCUT2D eigenvalue weighted by Crippen LogP contribution is 2.28. The molecule has 1 heterocycles. The van der Waals surface area contributed by atoms with Crippen LogP contribution in [0.3, 0.4) is 0 Å². The molecular weight excluding hydrogens is 200 g/mol. The first-order valence-electron chi connectivity index (χ1n) is 6.14. The van der Waals surface area contributed by atoms with Crippen LogP contribution in [-0.4, -0.2) is 23.2 Å². The second kappa shape index (κ2) is 5.30. The molecule has 0 saturated heterocycles. The van der Waals surface area contributed by atoms with Gasteiger partial charge in [0.05, 0.1) is 12.3 Å². The molecule has 3 heteroatoms. The molecule has 3 nitrogen and oxygen atoms in total. The average molecular weight is 220 g/mol. The van der Waals surface area contributed by atoms with Crippen molar-refractivity contribution in [2.75, 3.05) is 18.0 Å². The third-order valence-corrected chi connectivity index (χ3v) is 3.41. The van der Waals surface area contributed by atoms with Crippen LogP contribution >= 0.6 is 0 Å². The van der Waals surface area contributed by atoms with Crippen LogP contribution in [0.25, 0.3) is 0 Å². The van der Waals surface area contributed by atoms with Gasteiger partial charge in [0.15, 0.2) is 0 Å². The summed E-state index contributed by atoms with van der Waals surface area (Å²) in [5.41, 5.74) is 1.94. The molecule has 1 aliphatic carbocycles. The first-order valence-corrected chi connectivity index (χ1v) is 6.14. The number of aliphatic hydroxyl groups excluding tert-OH is 1. The largest absolute Gasteiger partial charge is 0.390 e. The predicted molar refractivity (Wildman–Crippen MR) is 65.4 cm³/mol. The second-order valence-electron chi connectivity index (χ2n) is 4.50. The summed E-state index contributed by atoms with van der Waals surface area (Å²) in [6, 6.07) is 4.02. The molecule has 1 aromatic rings. The Morgan fingerprint density at radius 1 is 1.50 bits per heavy atom. The SMILES string of the molecule is CCN(CC1CCC1)c1ccnc(CO)c1. The second-order valence-corrected chi connectivity index (χ2v) is 4.50. The van der Waals surface area contributed by atoms with Gasteiger partial charge in [0.2, 0.25) is 0 Å². The van der Waals surface area contributed by atoms with E-state index in [1.165, 1.54) is 24.9 Å². The molecule has 1 aliphatic rings. The van der Waals surface area contributed by atoms with Gasteiger partial charge in [-0.3, -0.25) is 4.98 Å². The Bertz CT molecular complexity index is 336. The lowest BCUT2D eigenvalue weighted by Crippen LogP contribution is -2.32. The van der Waals surface area contributed by atoms with Gasteiger partial charge in [-0.05, 0) is 37.8 Å². The van der Waals surface area contributed by atoms with E-state index < -0.39 is 0 Å². The Hall–Kier alpha value is -1.09. The zero-order valence-corrected chi connectivity index (χ0v) is 9.89. The van der Waals surface area contributed by atoms with Crippen LogP contribution in [0.2, 0.25) is 0 Å². The number of nitrogens with zero attached hydrogens (tertiary/aromatic N) is 2. The van der Waals surface area contributed by atoms with Crippen LogP contribution in [0.1, 0.15) is 31.9 Å². The van der Waals surface area contributed by atoms with Crippen molar-refractivity contribution in [2.24, 2.45) is 5.92 Å². The third-order valence-electron chi connectivity index (χ3n) is 3.41. The zero-order valence-electron chi connectivity index (χ0n) is 9.89. The molecule has 16 heavy (non-hydrogen) atoms. The van der Waals surface area contributed by atoms with Gasteiger partial charge in [0, 0.05) is 25.0 Å². The van der Waals surface area contributed by atoms with Gasteiger partial charge in [-0.25, -0.2) is 0 Å². The molecule has 0 radical (unpaired) electrons. The fourth-order valence-corrected chi connectivity index (χ4v) is 2.15. The normalized spacial score (nSPS) is 15.9. The van der Waals surface area contributed by atoms with Crippen LogP contribution in [0, 0.1) is 5.92 Å². The number of pyridine rings is 1. The highest BCUT2D eigenvalue weighted by atomic mass is 16.3. The number of anilines is 1. The van der Waals surface area contributed by atoms with E-state index in [0.29, 0.717) is 0 Å². The molecule has 0 amide bonds. The summed E-state index contributed by atoms with van der Waals surface area (Å²) in [6.07, 6.45) is 5.91. The molecule has 1 fully saturated rings. The highest BCUT2D eigenvalue weighted by Gasteiger charge is 2.20. The maximum Gasteiger partial charge on any atom is 0.0853 e. The highest BCUT2D eigenvalue weighted by molar-refractivity contribution is 5.46. The number of rotatable bonds is 5. The van der Waals surface area contributed by atoms with Crippen LogP contribution in [0.5, 0.6) is 0 Å². The molecule has 0 spiro atoms. The minimum absolute atomic E-state index is 0.0226. The van der Waals surface area contributed by atoms with Crippen molar-refractivity contribution >= 4 is 5.69 Å². The summed E-state index contributed by atoms with van der Waals surface area (Å²) in [5.74, 6) is 0.866. The third kappa shape index (κ3) is 2.53. The van der Waals surface area contributed by atoms with E-state index in [0.717, 1.165) is 24.7 Å². The van der Waals surface area contributed by atoms with Crippen molar-refractivity contribution in [1.82, 2.24) is 4.98 Å². The van der Waals surface area contributed by atoms with Crippen molar-refractivity contribution in [3.8, 4) is 0 Å². The maximum atomic E-state index is 9.07. The molecule has 0 aromatic carbocycles. The molecule has 2 rings (SSSR count). The van der Waals surface area contributed by atoms with Gasteiger partial charge in [0.25, 0.3) is 0 Å². The van der Waals surface area contributed by atoms with Crippen LogP contribution in [0.4, 0.5) is 5.69 Å². The number of aromatic nitrogens is 1. The molecule has 0 aliphatic heterocycles. The molecule has 0 unspecified atom stereocenters. The van der Waals surface area contributed by atoms with E-state index >= 15 is 0 Å². The minimum Gasteiger partial charge on any atom is -0.390 e. The summed E-state index contributed by atoms with van der Waals surface area (Å²) >= 11 is 0. The Labute approximate surface area is 97.1 Å². The molecule has 1 aromatic heterocycles. The van der Waals surface area contributed by atoms with Gasteiger partial charge in [0.1, 0.15) is 0 Å². The topological polar surface area (TPSA) is 36.4 Å². The lowest BCUT2D eigenvalue weighted by Gasteiger charge is -2.33. The Kier molecular flexibility index (Phi) is 3.78. The minimum atomic E-state index is 0.0226. The summed E-state index contributed by atoms with van der Waals surface area (Å²) in [7, 11) is 0. The van der Waals surface area contributed by atoms with E-state index in [2.05, 4.69) is 16.8 Å².